The molecule has 0 spiro atoms. The summed E-state index contributed by atoms with van der Waals surface area (Å²) < 4.78 is 0. The zero-order valence-electron chi connectivity index (χ0n) is 12.0. The van der Waals surface area contributed by atoms with Crippen LogP contribution in [0.1, 0.15) is 22.3 Å². The van der Waals surface area contributed by atoms with Gasteiger partial charge in [0.1, 0.15) is 5.01 Å². The number of nitrogens with zero attached hydrogens (tertiary/aromatic N) is 3. The van der Waals surface area contributed by atoms with E-state index in [1.807, 2.05) is 6.92 Å². The van der Waals surface area contributed by atoms with Crippen LogP contribution in [0.25, 0.3) is 0 Å². The number of benzene rings is 1. The minimum absolute atomic E-state index is 0.113. The molecule has 7 nitrogen and oxygen atoms in total. The first-order valence-electron chi connectivity index (χ1n) is 6.96. The molecule has 1 aliphatic heterocycles. The highest BCUT2D eigenvalue weighted by Gasteiger charge is 2.21. The topological polar surface area (TPSA) is 87.2 Å². The van der Waals surface area contributed by atoms with Crippen LogP contribution in [0, 0.1) is 0 Å². The van der Waals surface area contributed by atoms with Crippen LogP contribution in [0.15, 0.2) is 24.3 Å². The standard InChI is InChI=1S/C14H15N5O2S/c1-2-11-17-18-13(22-11)16-12(20)9-3-5-10(6-4-9)19-8-7-15-14(19)21/h3-6H,2,7-8H2,1H3,(H,15,21)(H,16,18,20). The monoisotopic (exact) mass is 317 g/mol. The van der Waals surface area contributed by atoms with E-state index in [-0.39, 0.29) is 11.9 Å². The Hall–Kier alpha value is -2.48. The Balaban J connectivity index is 1.69. The third kappa shape index (κ3) is 2.91. The molecule has 1 aliphatic rings. The zero-order chi connectivity index (χ0) is 15.5. The Bertz CT molecular complexity index is 698. The summed E-state index contributed by atoms with van der Waals surface area (Å²) in [6.07, 6.45) is 0.792. The van der Waals surface area contributed by atoms with E-state index in [2.05, 4.69) is 20.8 Å². The Morgan fingerprint density at radius 3 is 2.73 bits per heavy atom. The van der Waals surface area contributed by atoms with Gasteiger partial charge in [-0.1, -0.05) is 18.3 Å². The summed E-state index contributed by atoms with van der Waals surface area (Å²) in [5.41, 5.74) is 1.28. The molecule has 2 N–H and O–H groups in total. The highest BCUT2D eigenvalue weighted by molar-refractivity contribution is 7.15. The lowest BCUT2D eigenvalue weighted by Crippen LogP contribution is -2.27. The van der Waals surface area contributed by atoms with Gasteiger partial charge in [0.05, 0.1) is 0 Å². The van der Waals surface area contributed by atoms with Gasteiger partial charge in [-0.15, -0.1) is 10.2 Å². The maximum atomic E-state index is 12.1. The summed E-state index contributed by atoms with van der Waals surface area (Å²) in [6.45, 7) is 3.26. The molecule has 1 fully saturated rings. The number of hydrogen-bond acceptors (Lipinski definition) is 5. The molecule has 3 amide bonds. The van der Waals surface area contributed by atoms with E-state index < -0.39 is 0 Å². The molecule has 3 rings (SSSR count). The minimum Gasteiger partial charge on any atom is -0.336 e. The maximum Gasteiger partial charge on any atom is 0.321 e. The van der Waals surface area contributed by atoms with E-state index >= 15 is 0 Å². The van der Waals surface area contributed by atoms with Crippen molar-refractivity contribution in [3.63, 3.8) is 0 Å². The summed E-state index contributed by atoms with van der Waals surface area (Å²) in [4.78, 5) is 25.4. The molecular formula is C14H15N5O2S. The number of aromatic nitrogens is 2. The highest BCUT2D eigenvalue weighted by Crippen LogP contribution is 2.19. The van der Waals surface area contributed by atoms with Crippen LogP contribution in [-0.4, -0.2) is 35.2 Å². The molecular weight excluding hydrogens is 302 g/mol. The molecule has 1 aromatic carbocycles. The molecule has 0 atom stereocenters. The summed E-state index contributed by atoms with van der Waals surface area (Å²) in [7, 11) is 0. The number of carbonyl (C=O) groups excluding carboxylic acids is 2. The number of aryl methyl sites for hydroxylation is 1. The average molecular weight is 317 g/mol. The van der Waals surface area contributed by atoms with E-state index in [9.17, 15) is 9.59 Å². The maximum absolute atomic E-state index is 12.1. The first-order chi connectivity index (χ1) is 10.7. The lowest BCUT2D eigenvalue weighted by molar-refractivity contribution is 0.102. The van der Waals surface area contributed by atoms with Gasteiger partial charge in [-0.25, -0.2) is 4.79 Å². The molecule has 0 bridgehead atoms. The molecule has 0 unspecified atom stereocenters. The van der Waals surface area contributed by atoms with Gasteiger partial charge in [0.2, 0.25) is 5.13 Å². The normalized spacial score (nSPS) is 14.0. The summed E-state index contributed by atoms with van der Waals surface area (Å²) in [5, 5.41) is 14.7. The molecule has 2 aromatic rings. The van der Waals surface area contributed by atoms with E-state index in [1.54, 1.807) is 29.2 Å². The van der Waals surface area contributed by atoms with Crippen LogP contribution >= 0.6 is 11.3 Å². The minimum atomic E-state index is -0.240. The largest absolute Gasteiger partial charge is 0.336 e. The third-order valence-corrected chi connectivity index (χ3v) is 4.27. The van der Waals surface area contributed by atoms with Crippen molar-refractivity contribution in [3.05, 3.63) is 34.8 Å². The van der Waals surface area contributed by atoms with Gasteiger partial charge in [0, 0.05) is 24.3 Å². The highest BCUT2D eigenvalue weighted by atomic mass is 32.1. The number of amides is 3. The molecule has 0 saturated carbocycles. The number of anilines is 2. The van der Waals surface area contributed by atoms with Crippen molar-refractivity contribution in [3.8, 4) is 0 Å². The number of urea groups is 1. The van der Waals surface area contributed by atoms with Crippen LogP contribution in [0.4, 0.5) is 15.6 Å². The van der Waals surface area contributed by atoms with Crippen molar-refractivity contribution in [2.75, 3.05) is 23.3 Å². The van der Waals surface area contributed by atoms with Gasteiger partial charge >= 0.3 is 6.03 Å². The van der Waals surface area contributed by atoms with Crippen molar-refractivity contribution >= 4 is 34.1 Å². The number of nitrogens with one attached hydrogen (secondary N) is 2. The Morgan fingerprint density at radius 1 is 1.36 bits per heavy atom. The predicted molar refractivity (Wildman–Crippen MR) is 84.4 cm³/mol. The molecule has 0 radical (unpaired) electrons. The molecule has 1 aromatic heterocycles. The average Bonchev–Trinajstić information content (AvgIpc) is 3.16. The second-order valence-corrected chi connectivity index (χ2v) is 5.80. The molecule has 114 valence electrons. The zero-order valence-corrected chi connectivity index (χ0v) is 12.8. The van der Waals surface area contributed by atoms with Gasteiger partial charge in [0.15, 0.2) is 0 Å². The second-order valence-electron chi connectivity index (χ2n) is 4.74. The van der Waals surface area contributed by atoms with Crippen LogP contribution in [0.5, 0.6) is 0 Å². The fourth-order valence-electron chi connectivity index (χ4n) is 2.13. The van der Waals surface area contributed by atoms with E-state index in [4.69, 9.17) is 0 Å². The first-order valence-corrected chi connectivity index (χ1v) is 7.78. The van der Waals surface area contributed by atoms with Gasteiger partial charge in [0.25, 0.3) is 5.91 Å². The third-order valence-electron chi connectivity index (χ3n) is 3.29. The van der Waals surface area contributed by atoms with Crippen molar-refractivity contribution in [1.82, 2.24) is 15.5 Å². The molecule has 2 heterocycles. The summed E-state index contributed by atoms with van der Waals surface area (Å²) in [5.74, 6) is -0.240. The van der Waals surface area contributed by atoms with Gasteiger partial charge in [-0.05, 0) is 30.7 Å². The first kappa shape index (κ1) is 14.5. The van der Waals surface area contributed by atoms with Crippen molar-refractivity contribution < 1.29 is 9.59 Å². The lowest BCUT2D eigenvalue weighted by atomic mass is 10.2. The van der Waals surface area contributed by atoms with Gasteiger partial charge in [-0.2, -0.15) is 0 Å². The van der Waals surface area contributed by atoms with Crippen LogP contribution < -0.4 is 15.5 Å². The predicted octanol–water partition coefficient (Wildman–Crippen LogP) is 1.88. The fourth-order valence-corrected chi connectivity index (χ4v) is 2.80. The van der Waals surface area contributed by atoms with Crippen molar-refractivity contribution in [1.29, 1.82) is 0 Å². The quantitative estimate of drug-likeness (QED) is 0.901. The smallest absolute Gasteiger partial charge is 0.321 e. The summed E-state index contributed by atoms with van der Waals surface area (Å²) in [6, 6.07) is 6.79. The Kier molecular flexibility index (Phi) is 4.01. The van der Waals surface area contributed by atoms with E-state index in [0.29, 0.717) is 23.8 Å². The van der Waals surface area contributed by atoms with Gasteiger partial charge < -0.3 is 5.32 Å². The fraction of sp³-hybridized carbons (Fsp3) is 0.286. The molecule has 8 heteroatoms. The number of rotatable bonds is 4. The van der Waals surface area contributed by atoms with Crippen LogP contribution in [-0.2, 0) is 6.42 Å². The van der Waals surface area contributed by atoms with E-state index in [1.165, 1.54) is 11.3 Å². The number of carbonyl (C=O) groups is 2. The number of hydrogen-bond donors (Lipinski definition) is 2. The van der Waals surface area contributed by atoms with Crippen LogP contribution in [0.2, 0.25) is 0 Å². The Labute approximate surface area is 131 Å². The SMILES string of the molecule is CCc1nnc(NC(=O)c2ccc(N3CCNC3=O)cc2)s1. The summed E-state index contributed by atoms with van der Waals surface area (Å²) >= 11 is 1.36. The Morgan fingerprint density at radius 2 is 2.14 bits per heavy atom. The van der Waals surface area contributed by atoms with Crippen molar-refractivity contribution in [2.24, 2.45) is 0 Å². The van der Waals surface area contributed by atoms with Crippen LogP contribution in [0.3, 0.4) is 0 Å². The molecule has 1 saturated heterocycles. The molecule has 22 heavy (non-hydrogen) atoms. The second kappa shape index (κ2) is 6.10. The van der Waals surface area contributed by atoms with Crippen molar-refractivity contribution in [2.45, 2.75) is 13.3 Å². The van der Waals surface area contributed by atoms with Gasteiger partial charge in [-0.3, -0.25) is 15.0 Å². The lowest BCUT2D eigenvalue weighted by Gasteiger charge is -2.14. The van der Waals surface area contributed by atoms with E-state index in [0.717, 1.165) is 17.1 Å². The molecule has 0 aliphatic carbocycles.